The van der Waals surface area contributed by atoms with Crippen molar-refractivity contribution in [2.24, 2.45) is 4.99 Å². The normalized spacial score (nSPS) is 11.4. The summed E-state index contributed by atoms with van der Waals surface area (Å²) >= 11 is 0. The molecule has 31 heavy (non-hydrogen) atoms. The van der Waals surface area contributed by atoms with Crippen LogP contribution in [0, 0.1) is 5.82 Å². The maximum atomic E-state index is 13.4. The molecule has 4 N–H and O–H groups in total. The van der Waals surface area contributed by atoms with Gasteiger partial charge in [-0.05, 0) is 54.8 Å². The first-order valence-corrected chi connectivity index (χ1v) is 10.2. The van der Waals surface area contributed by atoms with E-state index in [-0.39, 0.29) is 11.7 Å². The van der Waals surface area contributed by atoms with Crippen molar-refractivity contribution in [1.29, 1.82) is 0 Å². The topological polar surface area (TPSA) is 90.5 Å². The molecular formula is C23H28FN5O2. The molecule has 0 spiro atoms. The van der Waals surface area contributed by atoms with Crippen molar-refractivity contribution in [2.75, 3.05) is 25.5 Å². The van der Waals surface area contributed by atoms with Gasteiger partial charge in [0, 0.05) is 37.1 Å². The van der Waals surface area contributed by atoms with Crippen LogP contribution in [0.4, 0.5) is 10.1 Å². The number of nitrogens with one attached hydrogen (secondary N) is 4. The summed E-state index contributed by atoms with van der Waals surface area (Å²) in [5, 5.41) is 10.4. The van der Waals surface area contributed by atoms with Crippen LogP contribution in [0.15, 0.2) is 47.6 Å². The maximum Gasteiger partial charge on any atom is 0.221 e. The number of rotatable bonds is 8. The van der Waals surface area contributed by atoms with Gasteiger partial charge in [0.05, 0.1) is 19.3 Å². The number of aromatic amines is 1. The highest BCUT2D eigenvalue weighted by Crippen LogP contribution is 2.25. The first kappa shape index (κ1) is 22.1. The molecule has 0 bridgehead atoms. The molecule has 0 saturated carbocycles. The average molecular weight is 426 g/mol. The van der Waals surface area contributed by atoms with Gasteiger partial charge in [0.2, 0.25) is 5.91 Å². The van der Waals surface area contributed by atoms with Crippen LogP contribution in [-0.2, 0) is 17.8 Å². The molecule has 8 heteroatoms. The summed E-state index contributed by atoms with van der Waals surface area (Å²) in [5.74, 6) is 0.895. The second-order valence-electron chi connectivity index (χ2n) is 7.09. The molecule has 0 aliphatic carbocycles. The monoisotopic (exact) mass is 425 g/mol. The number of hydrogen-bond acceptors (Lipinski definition) is 3. The molecule has 1 aromatic heterocycles. The lowest BCUT2D eigenvalue weighted by atomic mass is 10.1. The second kappa shape index (κ2) is 10.5. The Kier molecular flexibility index (Phi) is 7.48. The smallest absolute Gasteiger partial charge is 0.221 e. The first-order valence-electron chi connectivity index (χ1n) is 10.2. The van der Waals surface area contributed by atoms with Gasteiger partial charge in [0.25, 0.3) is 0 Å². The molecular weight excluding hydrogens is 397 g/mol. The van der Waals surface area contributed by atoms with E-state index in [0.717, 1.165) is 35.0 Å². The van der Waals surface area contributed by atoms with Gasteiger partial charge < -0.3 is 25.7 Å². The number of fused-ring (bicyclic) bond motifs is 1. The molecule has 1 heterocycles. The van der Waals surface area contributed by atoms with Crippen LogP contribution in [0.5, 0.6) is 5.75 Å². The largest absolute Gasteiger partial charge is 0.495 e. The summed E-state index contributed by atoms with van der Waals surface area (Å²) < 4.78 is 18.7. The van der Waals surface area contributed by atoms with Crippen LogP contribution >= 0.6 is 0 Å². The predicted octanol–water partition coefficient (Wildman–Crippen LogP) is 3.57. The molecule has 0 atom stereocenters. The number of nitrogens with zero attached hydrogens (tertiary/aromatic N) is 1. The van der Waals surface area contributed by atoms with Crippen LogP contribution < -0.4 is 20.7 Å². The Bertz CT molecular complexity index is 1080. The zero-order valence-corrected chi connectivity index (χ0v) is 18.0. The number of H-pyrrole nitrogens is 1. The van der Waals surface area contributed by atoms with E-state index in [9.17, 15) is 9.18 Å². The third-order valence-electron chi connectivity index (χ3n) is 4.75. The van der Waals surface area contributed by atoms with Crippen molar-refractivity contribution >= 4 is 28.5 Å². The van der Waals surface area contributed by atoms with E-state index in [1.807, 2.05) is 31.3 Å². The van der Waals surface area contributed by atoms with Gasteiger partial charge in [-0.2, -0.15) is 0 Å². The summed E-state index contributed by atoms with van der Waals surface area (Å²) in [5.41, 5.74) is 3.48. The molecule has 7 nitrogen and oxygen atoms in total. The number of methoxy groups -OCH3 is 1. The molecule has 2 aromatic carbocycles. The zero-order chi connectivity index (χ0) is 22.2. The number of amides is 1. The Balaban J connectivity index is 1.64. The van der Waals surface area contributed by atoms with Crippen LogP contribution in [0.25, 0.3) is 10.9 Å². The molecule has 0 unspecified atom stereocenters. The summed E-state index contributed by atoms with van der Waals surface area (Å²) in [6.45, 7) is 5.32. The first-order chi connectivity index (χ1) is 15.0. The number of aromatic nitrogens is 1. The van der Waals surface area contributed by atoms with Crippen LogP contribution in [-0.4, -0.2) is 37.1 Å². The lowest BCUT2D eigenvalue weighted by Crippen LogP contribution is -2.38. The van der Waals surface area contributed by atoms with Crippen molar-refractivity contribution < 1.29 is 13.9 Å². The standard InChI is InChI=1S/C23H28FN5O2/c1-4-25-23(26-10-9-17-14-27-20-12-18(24)6-7-19(17)20)28-13-16-5-8-22(31-3)21(11-16)29-15(2)30/h5-8,11-12,14,27H,4,9-10,13H2,1-3H3,(H,29,30)(H2,25,26,28). The number of hydrogen-bond donors (Lipinski definition) is 4. The fraction of sp³-hybridized carbons (Fsp3) is 0.304. The minimum absolute atomic E-state index is 0.158. The van der Waals surface area contributed by atoms with E-state index in [1.54, 1.807) is 13.2 Å². The molecule has 0 saturated heterocycles. The Labute approximate surface area is 181 Å². The van der Waals surface area contributed by atoms with Crippen molar-refractivity contribution in [3.05, 3.63) is 59.5 Å². The number of ether oxygens (including phenoxy) is 1. The highest BCUT2D eigenvalue weighted by molar-refractivity contribution is 5.90. The maximum absolute atomic E-state index is 13.4. The average Bonchev–Trinajstić information content (AvgIpc) is 3.13. The lowest BCUT2D eigenvalue weighted by Gasteiger charge is -2.12. The number of carbonyl (C=O) groups excluding carboxylic acids is 1. The fourth-order valence-corrected chi connectivity index (χ4v) is 3.33. The van der Waals surface area contributed by atoms with E-state index in [2.05, 4.69) is 25.9 Å². The Morgan fingerprint density at radius 2 is 2.03 bits per heavy atom. The van der Waals surface area contributed by atoms with Crippen molar-refractivity contribution in [3.8, 4) is 5.75 Å². The fourth-order valence-electron chi connectivity index (χ4n) is 3.33. The number of guanidine groups is 1. The van der Waals surface area contributed by atoms with Gasteiger partial charge in [-0.25, -0.2) is 9.38 Å². The third-order valence-corrected chi connectivity index (χ3v) is 4.75. The lowest BCUT2D eigenvalue weighted by molar-refractivity contribution is -0.114. The highest BCUT2D eigenvalue weighted by Gasteiger charge is 2.07. The second-order valence-corrected chi connectivity index (χ2v) is 7.09. The minimum Gasteiger partial charge on any atom is -0.495 e. The number of anilines is 1. The van der Waals surface area contributed by atoms with E-state index in [1.165, 1.54) is 19.1 Å². The SMILES string of the molecule is CCNC(=NCc1ccc(OC)c(NC(C)=O)c1)NCCc1c[nH]c2cc(F)ccc12. The Morgan fingerprint density at radius 1 is 1.19 bits per heavy atom. The number of halogens is 1. The molecule has 164 valence electrons. The molecule has 0 radical (unpaired) electrons. The van der Waals surface area contributed by atoms with Crippen LogP contribution in [0.1, 0.15) is 25.0 Å². The Morgan fingerprint density at radius 3 is 2.77 bits per heavy atom. The number of benzene rings is 2. The number of aliphatic imine (C=N–C) groups is 1. The van der Waals surface area contributed by atoms with Crippen molar-refractivity contribution in [1.82, 2.24) is 15.6 Å². The molecule has 0 aliphatic rings. The van der Waals surface area contributed by atoms with E-state index >= 15 is 0 Å². The third kappa shape index (κ3) is 5.97. The molecule has 1 amide bonds. The Hall–Kier alpha value is -3.55. The van der Waals surface area contributed by atoms with Gasteiger partial charge in [-0.1, -0.05) is 6.07 Å². The van der Waals surface area contributed by atoms with Gasteiger partial charge in [-0.3, -0.25) is 4.79 Å². The van der Waals surface area contributed by atoms with Gasteiger partial charge in [0.15, 0.2) is 5.96 Å². The zero-order valence-electron chi connectivity index (χ0n) is 18.0. The molecule has 3 aromatic rings. The van der Waals surface area contributed by atoms with Gasteiger partial charge >= 0.3 is 0 Å². The summed E-state index contributed by atoms with van der Waals surface area (Å²) in [4.78, 5) is 19.2. The van der Waals surface area contributed by atoms with Crippen LogP contribution in [0.3, 0.4) is 0 Å². The van der Waals surface area contributed by atoms with Crippen LogP contribution in [0.2, 0.25) is 0 Å². The van der Waals surface area contributed by atoms with Gasteiger partial charge in [0.1, 0.15) is 11.6 Å². The predicted molar refractivity (Wildman–Crippen MR) is 122 cm³/mol. The van der Waals surface area contributed by atoms with E-state index < -0.39 is 0 Å². The highest BCUT2D eigenvalue weighted by atomic mass is 19.1. The summed E-state index contributed by atoms with van der Waals surface area (Å²) in [6, 6.07) is 10.4. The molecule has 0 fully saturated rings. The van der Waals surface area contributed by atoms with Gasteiger partial charge in [-0.15, -0.1) is 0 Å². The molecule has 0 aliphatic heterocycles. The summed E-state index contributed by atoms with van der Waals surface area (Å²) in [6.07, 6.45) is 2.68. The quantitative estimate of drug-likeness (QED) is 0.328. The van der Waals surface area contributed by atoms with Crippen molar-refractivity contribution in [2.45, 2.75) is 26.8 Å². The molecule has 3 rings (SSSR count). The van der Waals surface area contributed by atoms with Crippen molar-refractivity contribution in [3.63, 3.8) is 0 Å². The van der Waals surface area contributed by atoms with E-state index in [0.29, 0.717) is 30.5 Å². The number of carbonyl (C=O) groups is 1. The van der Waals surface area contributed by atoms with E-state index in [4.69, 9.17) is 4.74 Å². The summed E-state index contributed by atoms with van der Waals surface area (Å²) in [7, 11) is 1.57. The minimum atomic E-state index is -0.249.